The van der Waals surface area contributed by atoms with Crippen LogP contribution in [0.1, 0.15) is 0 Å². The van der Waals surface area contributed by atoms with E-state index < -0.39 is 10.0 Å². The molecule has 3 aromatic carbocycles. The van der Waals surface area contributed by atoms with E-state index in [1.807, 2.05) is 24.3 Å². The molecule has 0 spiro atoms. The van der Waals surface area contributed by atoms with Gasteiger partial charge >= 0.3 is 0 Å². The smallest absolute Gasteiger partial charge is 0.265 e. The summed E-state index contributed by atoms with van der Waals surface area (Å²) in [7, 11) is -2.47. The summed E-state index contributed by atoms with van der Waals surface area (Å²) >= 11 is 0.954. The fraction of sp³-hybridized carbons (Fsp3) is 0.0476. The van der Waals surface area contributed by atoms with Gasteiger partial charge in [-0.05, 0) is 36.4 Å². The molecular weight excluding hydrogens is 448 g/mol. The Labute approximate surface area is 187 Å². The standard InChI is InChI=1S/C21H16N6O3S2/c1-30-17-11-5-4-9-15(17)24-20-21(23-14-8-3-2-7-13(14)22-20)27-32(28,29)18-12-6-10-16-19(18)26-31-25-16/h2-12H,1H3,(H,22,24)(H,23,27). The summed E-state index contributed by atoms with van der Waals surface area (Å²) in [5.74, 6) is 0.865. The van der Waals surface area contributed by atoms with Crippen molar-refractivity contribution in [2.75, 3.05) is 17.1 Å². The van der Waals surface area contributed by atoms with Crippen molar-refractivity contribution in [2.24, 2.45) is 0 Å². The van der Waals surface area contributed by atoms with Crippen LogP contribution in [0.25, 0.3) is 22.1 Å². The highest BCUT2D eigenvalue weighted by atomic mass is 32.2. The number of anilines is 3. The molecule has 0 aliphatic carbocycles. The van der Waals surface area contributed by atoms with Crippen LogP contribution in [-0.4, -0.2) is 34.2 Å². The van der Waals surface area contributed by atoms with Gasteiger partial charge in [-0.3, -0.25) is 4.72 Å². The van der Waals surface area contributed by atoms with Gasteiger partial charge in [-0.15, -0.1) is 0 Å². The van der Waals surface area contributed by atoms with Crippen molar-refractivity contribution >= 4 is 61.1 Å². The maximum absolute atomic E-state index is 13.3. The number of ether oxygens (including phenoxy) is 1. The van der Waals surface area contributed by atoms with E-state index in [4.69, 9.17) is 4.74 Å². The lowest BCUT2D eigenvalue weighted by Crippen LogP contribution is -2.16. The molecule has 0 saturated carbocycles. The maximum Gasteiger partial charge on any atom is 0.265 e. The minimum Gasteiger partial charge on any atom is -0.495 e. The highest BCUT2D eigenvalue weighted by Crippen LogP contribution is 2.32. The van der Waals surface area contributed by atoms with Crippen molar-refractivity contribution in [1.82, 2.24) is 18.7 Å². The first-order chi connectivity index (χ1) is 15.5. The number of nitrogens with one attached hydrogen (secondary N) is 2. The Bertz CT molecular complexity index is 1550. The fourth-order valence-corrected chi connectivity index (χ4v) is 4.99. The number of hydrogen-bond donors (Lipinski definition) is 2. The molecule has 32 heavy (non-hydrogen) atoms. The third-order valence-electron chi connectivity index (χ3n) is 4.70. The number of benzene rings is 3. The predicted molar refractivity (Wildman–Crippen MR) is 124 cm³/mol. The molecule has 5 aromatic rings. The summed E-state index contributed by atoms with van der Waals surface area (Å²) in [5.41, 5.74) is 2.58. The second-order valence-electron chi connectivity index (χ2n) is 6.73. The summed E-state index contributed by atoms with van der Waals surface area (Å²) in [4.78, 5) is 9.13. The third-order valence-corrected chi connectivity index (χ3v) is 6.61. The molecule has 2 N–H and O–H groups in total. The summed E-state index contributed by atoms with van der Waals surface area (Å²) in [6, 6.07) is 19.3. The Morgan fingerprint density at radius 3 is 2.28 bits per heavy atom. The van der Waals surface area contributed by atoms with E-state index in [0.717, 1.165) is 11.7 Å². The van der Waals surface area contributed by atoms with Crippen molar-refractivity contribution in [3.05, 3.63) is 66.7 Å². The second kappa shape index (κ2) is 8.02. The SMILES string of the molecule is COc1ccccc1Nc1nc2ccccc2nc1NS(=O)(=O)c1cccc2nsnc12. The van der Waals surface area contributed by atoms with Crippen molar-refractivity contribution in [3.8, 4) is 5.75 Å². The van der Waals surface area contributed by atoms with E-state index in [1.165, 1.54) is 6.07 Å². The lowest BCUT2D eigenvalue weighted by molar-refractivity contribution is 0.417. The van der Waals surface area contributed by atoms with Gasteiger partial charge in [0.25, 0.3) is 10.0 Å². The zero-order chi connectivity index (χ0) is 22.1. The molecule has 11 heteroatoms. The van der Waals surface area contributed by atoms with Crippen LogP contribution >= 0.6 is 11.7 Å². The van der Waals surface area contributed by atoms with E-state index in [1.54, 1.807) is 43.5 Å². The van der Waals surface area contributed by atoms with Gasteiger partial charge < -0.3 is 10.1 Å². The molecule has 0 fully saturated rings. The maximum atomic E-state index is 13.3. The van der Waals surface area contributed by atoms with Crippen LogP contribution in [0.3, 0.4) is 0 Å². The molecule has 0 aliphatic heterocycles. The molecule has 2 heterocycles. The van der Waals surface area contributed by atoms with Gasteiger partial charge in [0.15, 0.2) is 11.6 Å². The monoisotopic (exact) mass is 464 g/mol. The first-order valence-corrected chi connectivity index (χ1v) is 11.7. The highest BCUT2D eigenvalue weighted by molar-refractivity contribution is 7.93. The number of methoxy groups -OCH3 is 1. The zero-order valence-electron chi connectivity index (χ0n) is 16.7. The Morgan fingerprint density at radius 2 is 1.50 bits per heavy atom. The molecular formula is C21H16N6O3S2. The van der Waals surface area contributed by atoms with Crippen LogP contribution in [-0.2, 0) is 10.0 Å². The summed E-state index contributed by atoms with van der Waals surface area (Å²) < 4.78 is 42.8. The molecule has 0 saturated heterocycles. The van der Waals surface area contributed by atoms with Crippen molar-refractivity contribution < 1.29 is 13.2 Å². The van der Waals surface area contributed by atoms with Crippen LogP contribution in [0.2, 0.25) is 0 Å². The number of para-hydroxylation sites is 4. The number of nitrogens with zero attached hydrogens (tertiary/aromatic N) is 4. The van der Waals surface area contributed by atoms with E-state index in [9.17, 15) is 8.42 Å². The Balaban J connectivity index is 1.62. The van der Waals surface area contributed by atoms with Gasteiger partial charge in [-0.2, -0.15) is 8.75 Å². The third kappa shape index (κ3) is 3.67. The van der Waals surface area contributed by atoms with Crippen LogP contribution in [0.15, 0.2) is 71.6 Å². The number of hydrogen-bond acceptors (Lipinski definition) is 9. The summed E-state index contributed by atoms with van der Waals surface area (Å²) in [5, 5.41) is 3.14. The van der Waals surface area contributed by atoms with Crippen LogP contribution in [0.5, 0.6) is 5.75 Å². The van der Waals surface area contributed by atoms with Crippen molar-refractivity contribution in [1.29, 1.82) is 0 Å². The van der Waals surface area contributed by atoms with Gasteiger partial charge in [0, 0.05) is 0 Å². The average molecular weight is 465 g/mol. The molecule has 0 aliphatic rings. The molecule has 0 atom stereocenters. The van der Waals surface area contributed by atoms with Gasteiger partial charge in [0.2, 0.25) is 0 Å². The number of aromatic nitrogens is 4. The van der Waals surface area contributed by atoms with Crippen LogP contribution < -0.4 is 14.8 Å². The predicted octanol–water partition coefficient (Wildman–Crippen LogP) is 4.19. The first-order valence-electron chi connectivity index (χ1n) is 9.46. The molecule has 0 bridgehead atoms. The van der Waals surface area contributed by atoms with E-state index in [-0.39, 0.29) is 16.5 Å². The van der Waals surface area contributed by atoms with Crippen molar-refractivity contribution in [2.45, 2.75) is 4.90 Å². The topological polar surface area (TPSA) is 119 Å². The first kappa shape index (κ1) is 20.1. The lowest BCUT2D eigenvalue weighted by Gasteiger charge is -2.15. The summed E-state index contributed by atoms with van der Waals surface area (Å²) in [6.07, 6.45) is 0. The van der Waals surface area contributed by atoms with Gasteiger partial charge in [0.1, 0.15) is 21.7 Å². The molecule has 5 rings (SSSR count). The summed E-state index contributed by atoms with van der Waals surface area (Å²) in [6.45, 7) is 0. The van der Waals surface area contributed by atoms with Gasteiger partial charge in [-0.25, -0.2) is 18.4 Å². The van der Waals surface area contributed by atoms with Crippen molar-refractivity contribution in [3.63, 3.8) is 0 Å². The molecule has 0 amide bonds. The van der Waals surface area contributed by atoms with Crippen LogP contribution in [0, 0.1) is 0 Å². The normalized spacial score (nSPS) is 11.5. The molecule has 9 nitrogen and oxygen atoms in total. The molecule has 2 aromatic heterocycles. The highest BCUT2D eigenvalue weighted by Gasteiger charge is 2.23. The minimum atomic E-state index is -4.03. The average Bonchev–Trinajstić information content (AvgIpc) is 3.28. The van der Waals surface area contributed by atoms with E-state index >= 15 is 0 Å². The number of fused-ring (bicyclic) bond motifs is 2. The molecule has 0 radical (unpaired) electrons. The van der Waals surface area contributed by atoms with E-state index in [0.29, 0.717) is 33.5 Å². The minimum absolute atomic E-state index is 0.0157. The van der Waals surface area contributed by atoms with Crippen LogP contribution in [0.4, 0.5) is 17.3 Å². The van der Waals surface area contributed by atoms with Gasteiger partial charge in [-0.1, -0.05) is 30.3 Å². The lowest BCUT2D eigenvalue weighted by atomic mass is 10.3. The van der Waals surface area contributed by atoms with Gasteiger partial charge in [0.05, 0.1) is 35.6 Å². The Morgan fingerprint density at radius 1 is 0.812 bits per heavy atom. The Kier molecular flexibility index (Phi) is 5.04. The molecule has 160 valence electrons. The zero-order valence-corrected chi connectivity index (χ0v) is 18.3. The number of sulfonamides is 1. The van der Waals surface area contributed by atoms with E-state index in [2.05, 4.69) is 28.8 Å². The number of rotatable bonds is 6. The Hall–Kier alpha value is -3.83. The molecule has 0 unspecified atom stereocenters. The fourth-order valence-electron chi connectivity index (χ4n) is 3.21. The largest absolute Gasteiger partial charge is 0.495 e. The second-order valence-corrected chi connectivity index (χ2v) is 8.91. The quantitative estimate of drug-likeness (QED) is 0.384.